The molecular formula is C18H16N2O2S. The molecular weight excluding hydrogens is 308 g/mol. The van der Waals surface area contributed by atoms with Gasteiger partial charge < -0.3 is 14.4 Å². The Morgan fingerprint density at radius 2 is 1.78 bits per heavy atom. The fraction of sp³-hybridized carbons (Fsp3) is 0.167. The van der Waals surface area contributed by atoms with Crippen molar-refractivity contribution in [1.82, 2.24) is 4.98 Å². The first-order valence-electron chi connectivity index (χ1n) is 7.35. The van der Waals surface area contributed by atoms with Crippen molar-refractivity contribution in [3.63, 3.8) is 0 Å². The maximum Gasteiger partial charge on any atom is 0.231 e. The Morgan fingerprint density at radius 1 is 1.04 bits per heavy atom. The van der Waals surface area contributed by atoms with Crippen molar-refractivity contribution in [2.45, 2.75) is 0 Å². The molecule has 4 rings (SSSR count). The second kappa shape index (κ2) is 5.59. The summed E-state index contributed by atoms with van der Waals surface area (Å²) >= 11 is 1.65. The normalized spacial score (nSPS) is 13.1. The average Bonchev–Trinajstić information content (AvgIpc) is 3.16. The summed E-state index contributed by atoms with van der Waals surface area (Å²) in [4.78, 5) is 6.73. The molecule has 5 heteroatoms. The zero-order valence-electron chi connectivity index (χ0n) is 12.9. The maximum atomic E-state index is 5.41. The molecule has 0 N–H and O–H groups in total. The van der Waals surface area contributed by atoms with Gasteiger partial charge in [-0.15, -0.1) is 11.3 Å². The molecule has 0 unspecified atom stereocenters. The molecule has 116 valence electrons. The molecule has 3 aromatic rings. The molecule has 0 atom stereocenters. The lowest BCUT2D eigenvalue weighted by Gasteiger charge is -2.11. The highest BCUT2D eigenvalue weighted by Crippen LogP contribution is 2.38. The molecule has 0 aliphatic carbocycles. The van der Waals surface area contributed by atoms with E-state index in [0.29, 0.717) is 6.79 Å². The van der Waals surface area contributed by atoms with Crippen LogP contribution in [-0.2, 0) is 0 Å². The third-order valence-electron chi connectivity index (χ3n) is 3.73. The molecule has 1 aliphatic rings. The molecule has 1 aromatic heterocycles. The Hall–Kier alpha value is -2.53. The zero-order chi connectivity index (χ0) is 15.8. The summed E-state index contributed by atoms with van der Waals surface area (Å²) in [5.41, 5.74) is 3.29. The third kappa shape index (κ3) is 2.75. The predicted molar refractivity (Wildman–Crippen MR) is 95.4 cm³/mol. The molecule has 0 spiro atoms. The topological polar surface area (TPSA) is 34.6 Å². The van der Waals surface area contributed by atoms with E-state index in [-0.39, 0.29) is 0 Å². The van der Waals surface area contributed by atoms with Crippen LogP contribution in [0.5, 0.6) is 11.5 Å². The highest BCUT2D eigenvalue weighted by molar-refractivity contribution is 7.19. The summed E-state index contributed by atoms with van der Waals surface area (Å²) in [7, 11) is 4.08. The Kier molecular flexibility index (Phi) is 3.42. The van der Waals surface area contributed by atoms with Gasteiger partial charge >= 0.3 is 0 Å². The van der Waals surface area contributed by atoms with E-state index in [9.17, 15) is 0 Å². The minimum atomic E-state index is 0.294. The Morgan fingerprint density at radius 3 is 2.52 bits per heavy atom. The highest BCUT2D eigenvalue weighted by Gasteiger charge is 2.15. The largest absolute Gasteiger partial charge is 0.454 e. The fourth-order valence-corrected chi connectivity index (χ4v) is 3.34. The number of hydrogen-bond donors (Lipinski definition) is 0. The molecule has 0 radical (unpaired) electrons. The molecule has 2 aromatic carbocycles. The predicted octanol–water partition coefficient (Wildman–Crippen LogP) is 4.26. The molecule has 0 saturated heterocycles. The van der Waals surface area contributed by atoms with E-state index in [4.69, 9.17) is 9.47 Å². The number of fused-ring (bicyclic) bond motifs is 2. The summed E-state index contributed by atoms with van der Waals surface area (Å²) in [6, 6.07) is 12.4. The van der Waals surface area contributed by atoms with Crippen molar-refractivity contribution in [1.29, 1.82) is 0 Å². The van der Waals surface area contributed by atoms with Gasteiger partial charge in [0.25, 0.3) is 0 Å². The van der Waals surface area contributed by atoms with Crippen molar-refractivity contribution in [3.8, 4) is 11.5 Å². The summed E-state index contributed by atoms with van der Waals surface area (Å²) in [5.74, 6) is 1.58. The Labute approximate surface area is 138 Å². The van der Waals surface area contributed by atoms with Crippen LogP contribution in [0.1, 0.15) is 10.6 Å². The van der Waals surface area contributed by atoms with E-state index in [1.165, 1.54) is 5.69 Å². The minimum Gasteiger partial charge on any atom is -0.454 e. The summed E-state index contributed by atoms with van der Waals surface area (Å²) < 4.78 is 11.9. The fourth-order valence-electron chi connectivity index (χ4n) is 2.46. The van der Waals surface area contributed by atoms with Gasteiger partial charge in [0, 0.05) is 31.9 Å². The van der Waals surface area contributed by atoms with Crippen molar-refractivity contribution < 1.29 is 9.47 Å². The number of hydrogen-bond acceptors (Lipinski definition) is 5. The van der Waals surface area contributed by atoms with Gasteiger partial charge in [0.2, 0.25) is 6.79 Å². The molecule has 1 aliphatic heterocycles. The van der Waals surface area contributed by atoms with Gasteiger partial charge in [-0.2, -0.15) is 0 Å². The number of rotatable bonds is 3. The molecule has 0 amide bonds. The molecule has 0 bridgehead atoms. The van der Waals surface area contributed by atoms with Crippen LogP contribution in [0.4, 0.5) is 5.69 Å². The number of aromatic nitrogens is 1. The van der Waals surface area contributed by atoms with E-state index in [1.54, 1.807) is 11.3 Å². The second-order valence-electron chi connectivity index (χ2n) is 5.54. The van der Waals surface area contributed by atoms with E-state index >= 15 is 0 Å². The second-order valence-corrected chi connectivity index (χ2v) is 6.61. The van der Waals surface area contributed by atoms with Gasteiger partial charge in [0.15, 0.2) is 11.5 Å². The summed E-state index contributed by atoms with van der Waals surface area (Å²) in [5, 5.41) is 0.973. The zero-order valence-corrected chi connectivity index (χ0v) is 13.8. The van der Waals surface area contributed by atoms with Crippen LogP contribution >= 0.6 is 11.3 Å². The monoisotopic (exact) mass is 324 g/mol. The van der Waals surface area contributed by atoms with Gasteiger partial charge in [-0.3, -0.25) is 0 Å². The standard InChI is InChI=1S/C18H16N2O2S/c1-20(2)13-6-3-12(4-7-13)5-8-18-19-14-9-15-16(22-11-21-15)10-17(14)23-18/h3-10H,11H2,1-2H3/b8-5-. The summed E-state index contributed by atoms with van der Waals surface area (Å²) in [6.45, 7) is 0.294. The van der Waals surface area contributed by atoms with E-state index in [1.807, 2.05) is 32.3 Å². The smallest absolute Gasteiger partial charge is 0.231 e. The van der Waals surface area contributed by atoms with Crippen LogP contribution in [0.2, 0.25) is 0 Å². The van der Waals surface area contributed by atoms with Crippen LogP contribution in [0.15, 0.2) is 36.4 Å². The maximum absolute atomic E-state index is 5.41. The lowest BCUT2D eigenvalue weighted by molar-refractivity contribution is 0.174. The Bertz CT molecular complexity index is 841. The lowest BCUT2D eigenvalue weighted by atomic mass is 10.2. The van der Waals surface area contributed by atoms with Gasteiger partial charge in [-0.25, -0.2) is 4.98 Å². The molecule has 4 nitrogen and oxygen atoms in total. The van der Waals surface area contributed by atoms with Gasteiger partial charge in [-0.1, -0.05) is 18.2 Å². The highest BCUT2D eigenvalue weighted by atomic mass is 32.1. The van der Waals surface area contributed by atoms with Crippen molar-refractivity contribution in [2.24, 2.45) is 0 Å². The first-order valence-corrected chi connectivity index (χ1v) is 8.16. The minimum absolute atomic E-state index is 0.294. The number of thiazole rings is 1. The molecule has 0 saturated carbocycles. The molecule has 23 heavy (non-hydrogen) atoms. The van der Waals surface area contributed by atoms with Gasteiger partial charge in [-0.05, 0) is 23.8 Å². The van der Waals surface area contributed by atoms with Crippen LogP contribution in [0.25, 0.3) is 22.4 Å². The van der Waals surface area contributed by atoms with Gasteiger partial charge in [0.1, 0.15) is 5.01 Å². The van der Waals surface area contributed by atoms with E-state index in [0.717, 1.165) is 32.3 Å². The quantitative estimate of drug-likeness (QED) is 0.721. The average molecular weight is 324 g/mol. The summed E-state index contributed by atoms with van der Waals surface area (Å²) in [6.07, 6.45) is 4.13. The number of anilines is 1. The first kappa shape index (κ1) is 14.1. The number of benzene rings is 2. The molecule has 0 fully saturated rings. The lowest BCUT2D eigenvalue weighted by Crippen LogP contribution is -2.07. The van der Waals surface area contributed by atoms with Crippen molar-refractivity contribution >= 4 is 39.4 Å². The number of ether oxygens (including phenoxy) is 2. The molecule has 2 heterocycles. The van der Waals surface area contributed by atoms with Crippen molar-refractivity contribution in [2.75, 3.05) is 25.8 Å². The first-order chi connectivity index (χ1) is 11.2. The van der Waals surface area contributed by atoms with Crippen LogP contribution < -0.4 is 14.4 Å². The van der Waals surface area contributed by atoms with Gasteiger partial charge in [0.05, 0.1) is 10.2 Å². The SMILES string of the molecule is CN(C)c1ccc(/C=C\c2nc3cc4c(cc3s2)OCO4)cc1. The number of nitrogens with zero attached hydrogens (tertiary/aromatic N) is 2. The van der Waals surface area contributed by atoms with E-state index in [2.05, 4.69) is 40.2 Å². The van der Waals surface area contributed by atoms with Crippen LogP contribution in [0, 0.1) is 0 Å². The van der Waals surface area contributed by atoms with Crippen LogP contribution in [-0.4, -0.2) is 25.9 Å². The van der Waals surface area contributed by atoms with Crippen molar-refractivity contribution in [3.05, 3.63) is 47.0 Å². The third-order valence-corrected chi connectivity index (χ3v) is 4.71. The van der Waals surface area contributed by atoms with E-state index < -0.39 is 0 Å². The van der Waals surface area contributed by atoms with Crippen LogP contribution in [0.3, 0.4) is 0 Å². The Balaban J connectivity index is 1.59.